The zero-order valence-corrected chi connectivity index (χ0v) is 13.5. The van der Waals surface area contributed by atoms with Crippen molar-refractivity contribution in [2.75, 3.05) is 13.6 Å². The third-order valence-corrected chi connectivity index (χ3v) is 3.81. The third-order valence-electron chi connectivity index (χ3n) is 3.23. The first-order chi connectivity index (χ1) is 9.02. The van der Waals surface area contributed by atoms with Gasteiger partial charge in [-0.15, -0.1) is 0 Å². The SMILES string of the molecule is CNCCc1nc(-c2c(C)cc(C)cc2C)c(Br)[nH]1. The highest BCUT2D eigenvalue weighted by molar-refractivity contribution is 9.10. The molecule has 1 heterocycles. The monoisotopic (exact) mass is 321 g/mol. The summed E-state index contributed by atoms with van der Waals surface area (Å²) in [5.74, 6) is 1.01. The highest BCUT2D eigenvalue weighted by Gasteiger charge is 2.14. The van der Waals surface area contributed by atoms with Gasteiger partial charge in [0.25, 0.3) is 0 Å². The van der Waals surface area contributed by atoms with Crippen LogP contribution in [0.15, 0.2) is 16.7 Å². The van der Waals surface area contributed by atoms with Crippen LogP contribution in [0.1, 0.15) is 22.5 Å². The Labute approximate surface area is 123 Å². The van der Waals surface area contributed by atoms with Crippen LogP contribution < -0.4 is 5.32 Å². The summed E-state index contributed by atoms with van der Waals surface area (Å²) in [7, 11) is 1.95. The molecule has 0 aliphatic rings. The van der Waals surface area contributed by atoms with E-state index in [-0.39, 0.29) is 0 Å². The molecule has 102 valence electrons. The van der Waals surface area contributed by atoms with Crippen molar-refractivity contribution < 1.29 is 0 Å². The van der Waals surface area contributed by atoms with Crippen LogP contribution in [0.25, 0.3) is 11.3 Å². The molecule has 0 aliphatic heterocycles. The number of nitrogens with one attached hydrogen (secondary N) is 2. The van der Waals surface area contributed by atoms with Crippen molar-refractivity contribution >= 4 is 15.9 Å². The van der Waals surface area contributed by atoms with E-state index in [4.69, 9.17) is 4.98 Å². The van der Waals surface area contributed by atoms with E-state index in [9.17, 15) is 0 Å². The lowest BCUT2D eigenvalue weighted by Crippen LogP contribution is -2.11. The number of hydrogen-bond acceptors (Lipinski definition) is 2. The first-order valence-electron chi connectivity index (χ1n) is 6.50. The van der Waals surface area contributed by atoms with E-state index in [2.05, 4.69) is 59.1 Å². The van der Waals surface area contributed by atoms with Gasteiger partial charge in [-0.05, 0) is 54.9 Å². The standard InChI is InChI=1S/C15H20BrN3/c1-9-7-10(2)13(11(3)8-9)14-15(16)19-12(18-14)5-6-17-4/h7-8,17H,5-6H2,1-4H3,(H,18,19). The molecule has 0 spiro atoms. The molecule has 0 unspecified atom stereocenters. The molecule has 19 heavy (non-hydrogen) atoms. The van der Waals surface area contributed by atoms with Gasteiger partial charge in [0.15, 0.2) is 0 Å². The first-order valence-corrected chi connectivity index (χ1v) is 7.29. The minimum Gasteiger partial charge on any atom is -0.336 e. The Balaban J connectivity index is 2.44. The van der Waals surface area contributed by atoms with Crippen molar-refractivity contribution in [1.29, 1.82) is 0 Å². The topological polar surface area (TPSA) is 40.7 Å². The maximum absolute atomic E-state index is 4.73. The van der Waals surface area contributed by atoms with Crippen molar-refractivity contribution in [2.24, 2.45) is 0 Å². The van der Waals surface area contributed by atoms with Crippen LogP contribution in [0, 0.1) is 20.8 Å². The minimum absolute atomic E-state index is 0.902. The average molecular weight is 322 g/mol. The van der Waals surface area contributed by atoms with Gasteiger partial charge in [0.1, 0.15) is 16.1 Å². The average Bonchev–Trinajstić information content (AvgIpc) is 2.67. The molecule has 1 aromatic carbocycles. The molecule has 1 aromatic heterocycles. The molecular weight excluding hydrogens is 302 g/mol. The number of benzene rings is 1. The summed E-state index contributed by atoms with van der Waals surface area (Å²) in [5, 5.41) is 3.14. The smallest absolute Gasteiger partial charge is 0.110 e. The van der Waals surface area contributed by atoms with Crippen molar-refractivity contribution in [3.8, 4) is 11.3 Å². The summed E-state index contributed by atoms with van der Waals surface area (Å²) in [6.45, 7) is 7.33. The molecule has 0 amide bonds. The van der Waals surface area contributed by atoms with Crippen LogP contribution in [0.2, 0.25) is 0 Å². The molecule has 2 rings (SSSR count). The molecular formula is C15H20BrN3. The Morgan fingerprint density at radius 2 is 1.84 bits per heavy atom. The third kappa shape index (κ3) is 3.07. The molecule has 0 bridgehead atoms. The second-order valence-electron chi connectivity index (χ2n) is 4.97. The fourth-order valence-electron chi connectivity index (χ4n) is 2.48. The number of halogens is 1. The molecule has 0 saturated heterocycles. The molecule has 3 nitrogen and oxygen atoms in total. The lowest BCUT2D eigenvalue weighted by molar-refractivity contribution is 0.764. The van der Waals surface area contributed by atoms with E-state index >= 15 is 0 Å². The Morgan fingerprint density at radius 1 is 1.21 bits per heavy atom. The largest absolute Gasteiger partial charge is 0.336 e. The summed E-state index contributed by atoms with van der Waals surface area (Å²) in [6, 6.07) is 4.41. The lowest BCUT2D eigenvalue weighted by Gasteiger charge is -2.09. The zero-order chi connectivity index (χ0) is 14.0. The number of nitrogens with zero attached hydrogens (tertiary/aromatic N) is 1. The predicted molar refractivity (Wildman–Crippen MR) is 83.6 cm³/mol. The molecule has 0 saturated carbocycles. The van der Waals surface area contributed by atoms with Gasteiger partial charge < -0.3 is 10.3 Å². The number of aryl methyl sites for hydroxylation is 3. The minimum atomic E-state index is 0.902. The number of likely N-dealkylation sites (N-methyl/N-ethyl adjacent to an activating group) is 1. The van der Waals surface area contributed by atoms with Crippen molar-refractivity contribution in [3.05, 3.63) is 39.3 Å². The van der Waals surface area contributed by atoms with Crippen LogP contribution in [0.4, 0.5) is 0 Å². The maximum atomic E-state index is 4.73. The Hall–Kier alpha value is -1.13. The van der Waals surface area contributed by atoms with E-state index in [0.717, 1.165) is 29.1 Å². The lowest BCUT2D eigenvalue weighted by atomic mass is 9.98. The summed E-state index contributed by atoms with van der Waals surface area (Å²) in [5.41, 5.74) is 6.07. The number of imidazole rings is 1. The molecule has 2 N–H and O–H groups in total. The highest BCUT2D eigenvalue weighted by Crippen LogP contribution is 2.32. The van der Waals surface area contributed by atoms with Crippen LogP contribution in [0.3, 0.4) is 0 Å². The van der Waals surface area contributed by atoms with Gasteiger partial charge in [-0.2, -0.15) is 0 Å². The van der Waals surface area contributed by atoms with E-state index in [1.807, 2.05) is 7.05 Å². The van der Waals surface area contributed by atoms with Crippen LogP contribution in [0.5, 0.6) is 0 Å². The van der Waals surface area contributed by atoms with E-state index < -0.39 is 0 Å². The van der Waals surface area contributed by atoms with Gasteiger partial charge >= 0.3 is 0 Å². The Bertz CT molecular complexity index is 564. The van der Waals surface area contributed by atoms with Gasteiger partial charge in [-0.3, -0.25) is 0 Å². The molecule has 2 aromatic rings. The number of H-pyrrole nitrogens is 1. The summed E-state index contributed by atoms with van der Waals surface area (Å²) in [4.78, 5) is 8.04. The van der Waals surface area contributed by atoms with Crippen LogP contribution in [-0.4, -0.2) is 23.6 Å². The van der Waals surface area contributed by atoms with E-state index in [0.29, 0.717) is 0 Å². The highest BCUT2D eigenvalue weighted by atomic mass is 79.9. The normalized spacial score (nSPS) is 11.0. The molecule has 0 fully saturated rings. The fraction of sp³-hybridized carbons (Fsp3) is 0.400. The van der Waals surface area contributed by atoms with Crippen LogP contribution >= 0.6 is 15.9 Å². The summed E-state index contributed by atoms with van der Waals surface area (Å²) >= 11 is 3.59. The number of aromatic amines is 1. The second-order valence-corrected chi connectivity index (χ2v) is 5.77. The summed E-state index contributed by atoms with van der Waals surface area (Å²) < 4.78 is 0.966. The molecule has 0 radical (unpaired) electrons. The molecule has 0 atom stereocenters. The first kappa shape index (κ1) is 14.3. The quantitative estimate of drug-likeness (QED) is 0.904. The van der Waals surface area contributed by atoms with Gasteiger partial charge in [-0.25, -0.2) is 4.98 Å². The number of aromatic nitrogens is 2. The summed E-state index contributed by atoms with van der Waals surface area (Å²) in [6.07, 6.45) is 0.902. The van der Waals surface area contributed by atoms with Crippen molar-refractivity contribution in [3.63, 3.8) is 0 Å². The molecule has 4 heteroatoms. The van der Waals surface area contributed by atoms with E-state index in [1.165, 1.54) is 22.3 Å². The van der Waals surface area contributed by atoms with Crippen molar-refractivity contribution in [2.45, 2.75) is 27.2 Å². The van der Waals surface area contributed by atoms with Crippen LogP contribution in [-0.2, 0) is 6.42 Å². The van der Waals surface area contributed by atoms with Gasteiger partial charge in [0.05, 0.1) is 0 Å². The zero-order valence-electron chi connectivity index (χ0n) is 11.9. The van der Waals surface area contributed by atoms with Gasteiger partial charge in [-0.1, -0.05) is 17.7 Å². The van der Waals surface area contributed by atoms with E-state index in [1.54, 1.807) is 0 Å². The Kier molecular flexibility index (Phi) is 4.42. The van der Waals surface area contributed by atoms with Crippen molar-refractivity contribution in [1.82, 2.24) is 15.3 Å². The number of rotatable bonds is 4. The number of hydrogen-bond donors (Lipinski definition) is 2. The molecule has 0 aliphatic carbocycles. The van der Waals surface area contributed by atoms with Gasteiger partial charge in [0, 0.05) is 18.5 Å². The maximum Gasteiger partial charge on any atom is 0.110 e. The Morgan fingerprint density at radius 3 is 2.42 bits per heavy atom. The second kappa shape index (κ2) is 5.88. The van der Waals surface area contributed by atoms with Gasteiger partial charge in [0.2, 0.25) is 0 Å². The fourth-order valence-corrected chi connectivity index (χ4v) is 2.99. The predicted octanol–water partition coefficient (Wildman–Crippen LogP) is 3.53.